The Bertz CT molecular complexity index is 914. The Balaban J connectivity index is 1.83. The van der Waals surface area contributed by atoms with Crippen LogP contribution in [0.4, 0.5) is 5.69 Å². The molecule has 0 saturated heterocycles. The summed E-state index contributed by atoms with van der Waals surface area (Å²) in [5.74, 6) is 0.524. The summed E-state index contributed by atoms with van der Waals surface area (Å²) in [6.45, 7) is 0. The van der Waals surface area contributed by atoms with Gasteiger partial charge in [-0.3, -0.25) is 4.72 Å². The number of benzene rings is 2. The molecule has 5 nitrogen and oxygen atoms in total. The third kappa shape index (κ3) is 3.67. The molecule has 0 amide bonds. The smallest absolute Gasteiger partial charge is 0.262 e. The predicted molar refractivity (Wildman–Crippen MR) is 89.7 cm³/mol. The van der Waals surface area contributed by atoms with E-state index in [1.165, 1.54) is 24.5 Å². The molecule has 1 N–H and O–H groups in total. The molecule has 1 aromatic heterocycles. The maximum Gasteiger partial charge on any atom is 0.262 e. The zero-order valence-corrected chi connectivity index (χ0v) is 13.4. The van der Waals surface area contributed by atoms with Crippen LogP contribution in [-0.4, -0.2) is 18.4 Å². The molecule has 23 heavy (non-hydrogen) atoms. The summed E-state index contributed by atoms with van der Waals surface area (Å²) in [5.41, 5.74) is 1.14. The van der Waals surface area contributed by atoms with Crippen LogP contribution in [-0.2, 0) is 10.0 Å². The van der Waals surface area contributed by atoms with Crippen molar-refractivity contribution in [1.82, 2.24) is 9.97 Å². The predicted octanol–water partition coefficient (Wildman–Crippen LogP) is 3.60. The Kier molecular flexibility index (Phi) is 4.27. The van der Waals surface area contributed by atoms with E-state index in [1.807, 2.05) is 30.3 Å². The van der Waals surface area contributed by atoms with Crippen LogP contribution in [0.15, 0.2) is 71.9 Å². The molecule has 1 heterocycles. The first kappa shape index (κ1) is 15.5. The second kappa shape index (κ2) is 6.36. The van der Waals surface area contributed by atoms with Gasteiger partial charge in [0.25, 0.3) is 10.0 Å². The van der Waals surface area contributed by atoms with Gasteiger partial charge in [-0.1, -0.05) is 48.0 Å². The van der Waals surface area contributed by atoms with Gasteiger partial charge in [0.15, 0.2) is 5.82 Å². The summed E-state index contributed by atoms with van der Waals surface area (Å²) in [6.07, 6.45) is 2.86. The molecule has 0 aliphatic rings. The summed E-state index contributed by atoms with van der Waals surface area (Å²) < 4.78 is 27.0. The zero-order valence-electron chi connectivity index (χ0n) is 11.8. The number of sulfonamides is 1. The molecule has 0 spiro atoms. The quantitative estimate of drug-likeness (QED) is 0.784. The Morgan fingerprint density at radius 1 is 0.913 bits per heavy atom. The van der Waals surface area contributed by atoms with Gasteiger partial charge >= 0.3 is 0 Å². The number of nitrogens with zero attached hydrogens (tertiary/aromatic N) is 2. The van der Waals surface area contributed by atoms with E-state index in [-0.39, 0.29) is 10.6 Å². The van der Waals surface area contributed by atoms with Crippen LogP contribution in [0.3, 0.4) is 0 Å². The third-order valence-corrected chi connectivity index (χ3v) is 4.66. The molecule has 0 unspecified atom stereocenters. The summed E-state index contributed by atoms with van der Waals surface area (Å²) in [6, 6.07) is 15.5. The number of aromatic nitrogens is 2. The van der Waals surface area contributed by atoms with Crippen LogP contribution in [0.1, 0.15) is 0 Å². The summed E-state index contributed by atoms with van der Waals surface area (Å²) in [7, 11) is -3.73. The second-order valence-electron chi connectivity index (χ2n) is 4.72. The zero-order chi connectivity index (χ0) is 16.3. The van der Waals surface area contributed by atoms with Gasteiger partial charge in [-0.15, -0.1) is 0 Å². The summed E-state index contributed by atoms with van der Waals surface area (Å²) in [4.78, 5) is 8.44. The monoisotopic (exact) mass is 345 g/mol. The maximum absolute atomic E-state index is 12.3. The van der Waals surface area contributed by atoms with Gasteiger partial charge < -0.3 is 0 Å². The minimum absolute atomic E-state index is 0.0807. The van der Waals surface area contributed by atoms with Crippen LogP contribution >= 0.6 is 11.6 Å². The van der Waals surface area contributed by atoms with E-state index in [4.69, 9.17) is 11.6 Å². The van der Waals surface area contributed by atoms with Crippen molar-refractivity contribution in [2.75, 3.05) is 4.72 Å². The highest BCUT2D eigenvalue weighted by molar-refractivity contribution is 7.92. The molecule has 0 atom stereocenters. The molecule has 0 aliphatic carbocycles. The van der Waals surface area contributed by atoms with E-state index in [0.29, 0.717) is 10.8 Å². The Morgan fingerprint density at radius 2 is 1.61 bits per heavy atom. The first-order valence-corrected chi connectivity index (χ1v) is 8.56. The Hall–Kier alpha value is -2.44. The molecule has 2 aromatic carbocycles. The lowest BCUT2D eigenvalue weighted by atomic mass is 10.2. The molecular formula is C16H12ClN3O2S. The third-order valence-electron chi connectivity index (χ3n) is 3.04. The molecule has 0 bridgehead atoms. The van der Waals surface area contributed by atoms with Gasteiger partial charge in [-0.2, -0.15) is 0 Å². The fourth-order valence-corrected chi connectivity index (χ4v) is 3.29. The molecular weight excluding hydrogens is 334 g/mol. The van der Waals surface area contributed by atoms with E-state index < -0.39 is 10.0 Å². The normalized spacial score (nSPS) is 11.2. The standard InChI is InChI=1S/C16H12ClN3O2S/c17-13-7-4-8-15(9-13)23(21,22)20-14-10-18-16(19-11-14)12-5-2-1-3-6-12/h1-11,20H. The van der Waals surface area contributed by atoms with Gasteiger partial charge in [0.1, 0.15) is 0 Å². The van der Waals surface area contributed by atoms with Crippen LogP contribution in [0.25, 0.3) is 11.4 Å². The van der Waals surface area contributed by atoms with Crippen molar-refractivity contribution in [2.45, 2.75) is 4.90 Å². The van der Waals surface area contributed by atoms with Gasteiger partial charge in [0.05, 0.1) is 23.0 Å². The highest BCUT2D eigenvalue weighted by Gasteiger charge is 2.15. The lowest BCUT2D eigenvalue weighted by Gasteiger charge is -2.08. The number of halogens is 1. The maximum atomic E-state index is 12.3. The van der Waals surface area contributed by atoms with E-state index in [1.54, 1.807) is 12.1 Å². The van der Waals surface area contributed by atoms with Crippen molar-refractivity contribution in [3.8, 4) is 11.4 Å². The summed E-state index contributed by atoms with van der Waals surface area (Å²) in [5, 5.41) is 0.351. The highest BCUT2D eigenvalue weighted by Crippen LogP contribution is 2.20. The fraction of sp³-hybridized carbons (Fsp3) is 0. The molecule has 0 fully saturated rings. The van der Waals surface area contributed by atoms with Crippen molar-refractivity contribution < 1.29 is 8.42 Å². The topological polar surface area (TPSA) is 72.0 Å². The van der Waals surface area contributed by atoms with Crippen LogP contribution in [0.5, 0.6) is 0 Å². The van der Waals surface area contributed by atoms with Crippen molar-refractivity contribution in [3.05, 3.63) is 72.0 Å². The number of hydrogen-bond donors (Lipinski definition) is 1. The van der Waals surface area contributed by atoms with E-state index >= 15 is 0 Å². The van der Waals surface area contributed by atoms with Gasteiger partial charge in [-0.25, -0.2) is 18.4 Å². The van der Waals surface area contributed by atoms with E-state index in [2.05, 4.69) is 14.7 Å². The number of nitrogens with one attached hydrogen (secondary N) is 1. The molecule has 0 radical (unpaired) electrons. The van der Waals surface area contributed by atoms with Crippen molar-refractivity contribution in [2.24, 2.45) is 0 Å². The van der Waals surface area contributed by atoms with E-state index in [0.717, 1.165) is 5.56 Å². The first-order valence-electron chi connectivity index (χ1n) is 6.70. The second-order valence-corrected chi connectivity index (χ2v) is 6.84. The minimum Gasteiger partial charge on any atom is -0.276 e. The lowest BCUT2D eigenvalue weighted by Crippen LogP contribution is -2.13. The van der Waals surface area contributed by atoms with Crippen LogP contribution < -0.4 is 4.72 Å². The lowest BCUT2D eigenvalue weighted by molar-refractivity contribution is 0.601. The van der Waals surface area contributed by atoms with Gasteiger partial charge in [0.2, 0.25) is 0 Å². The first-order chi connectivity index (χ1) is 11.0. The van der Waals surface area contributed by atoms with E-state index in [9.17, 15) is 8.42 Å². The van der Waals surface area contributed by atoms with Crippen LogP contribution in [0.2, 0.25) is 5.02 Å². The Labute approximate surface area is 139 Å². The fourth-order valence-electron chi connectivity index (χ4n) is 1.97. The van der Waals surface area contributed by atoms with Crippen LogP contribution in [0, 0.1) is 0 Å². The SMILES string of the molecule is O=S(=O)(Nc1cnc(-c2ccccc2)nc1)c1cccc(Cl)c1. The number of hydrogen-bond acceptors (Lipinski definition) is 4. The van der Waals surface area contributed by atoms with Crippen molar-refractivity contribution in [1.29, 1.82) is 0 Å². The molecule has 7 heteroatoms. The molecule has 0 saturated carbocycles. The molecule has 3 aromatic rings. The van der Waals surface area contributed by atoms with Gasteiger partial charge in [0, 0.05) is 10.6 Å². The van der Waals surface area contributed by atoms with Gasteiger partial charge in [-0.05, 0) is 18.2 Å². The minimum atomic E-state index is -3.73. The molecule has 0 aliphatic heterocycles. The average molecular weight is 346 g/mol. The largest absolute Gasteiger partial charge is 0.276 e. The molecule has 3 rings (SSSR count). The number of rotatable bonds is 4. The average Bonchev–Trinajstić information content (AvgIpc) is 2.56. The molecule has 116 valence electrons. The van der Waals surface area contributed by atoms with Crippen molar-refractivity contribution >= 4 is 27.3 Å². The number of anilines is 1. The Morgan fingerprint density at radius 3 is 2.26 bits per heavy atom. The van der Waals surface area contributed by atoms with Crippen molar-refractivity contribution in [3.63, 3.8) is 0 Å². The summed E-state index contributed by atoms with van der Waals surface area (Å²) >= 11 is 5.83. The highest BCUT2D eigenvalue weighted by atomic mass is 35.5.